The second-order valence-corrected chi connectivity index (χ2v) is 8.25. The molecule has 2 fully saturated rings. The summed E-state index contributed by atoms with van der Waals surface area (Å²) in [5.74, 6) is 2.57. The van der Waals surface area contributed by atoms with Crippen LogP contribution in [0.25, 0.3) is 0 Å². The molecule has 3 unspecified atom stereocenters. The lowest BCUT2D eigenvalue weighted by Crippen LogP contribution is -2.43. The second-order valence-electron chi connectivity index (χ2n) is 8.25. The van der Waals surface area contributed by atoms with Gasteiger partial charge in [0, 0.05) is 26.7 Å². The maximum absolute atomic E-state index is 11.3. The van der Waals surface area contributed by atoms with E-state index in [1.165, 1.54) is 32.1 Å². The molecule has 1 saturated heterocycles. The van der Waals surface area contributed by atoms with Crippen molar-refractivity contribution in [2.45, 2.75) is 58.3 Å². The SMILES string of the molecule is CN=C(NCCCN1CCCC(C(N)=O)C1)NCCC1CCCC(C)C1.I. The zero-order valence-corrected chi connectivity index (χ0v) is 19.5. The number of halogens is 1. The number of guanidine groups is 1. The van der Waals surface area contributed by atoms with Gasteiger partial charge in [0.1, 0.15) is 0 Å². The highest BCUT2D eigenvalue weighted by molar-refractivity contribution is 14.0. The number of nitrogens with one attached hydrogen (secondary N) is 2. The lowest BCUT2D eigenvalue weighted by Gasteiger charge is -2.31. The summed E-state index contributed by atoms with van der Waals surface area (Å²) >= 11 is 0. The van der Waals surface area contributed by atoms with Gasteiger partial charge >= 0.3 is 0 Å². The molecular formula is C20H40IN5O. The van der Waals surface area contributed by atoms with E-state index in [2.05, 4.69) is 27.4 Å². The zero-order valence-electron chi connectivity index (χ0n) is 17.2. The van der Waals surface area contributed by atoms with Crippen molar-refractivity contribution in [3.8, 4) is 0 Å². The third-order valence-corrected chi connectivity index (χ3v) is 5.97. The molecule has 1 saturated carbocycles. The minimum absolute atomic E-state index is 0. The molecule has 3 atom stereocenters. The highest BCUT2D eigenvalue weighted by Crippen LogP contribution is 2.30. The van der Waals surface area contributed by atoms with Gasteiger partial charge < -0.3 is 21.3 Å². The summed E-state index contributed by atoms with van der Waals surface area (Å²) in [6, 6.07) is 0. The molecule has 4 N–H and O–H groups in total. The van der Waals surface area contributed by atoms with Crippen molar-refractivity contribution in [3.63, 3.8) is 0 Å². The van der Waals surface area contributed by atoms with Gasteiger partial charge in [0.25, 0.3) is 0 Å². The fourth-order valence-electron chi connectivity index (χ4n) is 4.44. The van der Waals surface area contributed by atoms with E-state index < -0.39 is 0 Å². The minimum atomic E-state index is -0.148. The first-order valence-electron chi connectivity index (χ1n) is 10.5. The van der Waals surface area contributed by atoms with Gasteiger partial charge in [0.05, 0.1) is 5.92 Å². The van der Waals surface area contributed by atoms with Gasteiger partial charge in [-0.15, -0.1) is 24.0 Å². The molecule has 1 aliphatic carbocycles. The molecule has 0 radical (unpaired) electrons. The van der Waals surface area contributed by atoms with Crippen molar-refractivity contribution in [2.24, 2.45) is 28.5 Å². The Morgan fingerprint density at radius 3 is 2.67 bits per heavy atom. The Morgan fingerprint density at radius 1 is 1.19 bits per heavy atom. The van der Waals surface area contributed by atoms with Crippen LogP contribution in [0.1, 0.15) is 58.3 Å². The minimum Gasteiger partial charge on any atom is -0.369 e. The van der Waals surface area contributed by atoms with Crippen LogP contribution in [0, 0.1) is 17.8 Å². The summed E-state index contributed by atoms with van der Waals surface area (Å²) in [6.07, 6.45) is 9.89. The number of likely N-dealkylation sites (tertiary alicyclic amines) is 1. The Kier molecular flexibility index (Phi) is 12.3. The Hall–Kier alpha value is -0.570. The highest BCUT2D eigenvalue weighted by atomic mass is 127. The molecule has 0 bridgehead atoms. The molecular weight excluding hydrogens is 453 g/mol. The Labute approximate surface area is 182 Å². The fourth-order valence-corrected chi connectivity index (χ4v) is 4.44. The summed E-state index contributed by atoms with van der Waals surface area (Å²) in [4.78, 5) is 18.0. The van der Waals surface area contributed by atoms with Gasteiger partial charge in [-0.2, -0.15) is 0 Å². The number of nitrogens with zero attached hydrogens (tertiary/aromatic N) is 2. The molecule has 0 aromatic rings. The van der Waals surface area contributed by atoms with Crippen molar-refractivity contribution in [2.75, 3.05) is 39.8 Å². The fraction of sp³-hybridized carbons (Fsp3) is 0.900. The van der Waals surface area contributed by atoms with E-state index in [1.807, 2.05) is 7.05 Å². The quantitative estimate of drug-likeness (QED) is 0.210. The van der Waals surface area contributed by atoms with E-state index in [4.69, 9.17) is 5.73 Å². The van der Waals surface area contributed by atoms with E-state index >= 15 is 0 Å². The molecule has 0 aromatic heterocycles. The number of aliphatic imine (C=N–C) groups is 1. The molecule has 1 amide bonds. The third kappa shape index (κ3) is 9.45. The summed E-state index contributed by atoms with van der Waals surface area (Å²) in [6.45, 7) is 7.20. The molecule has 2 rings (SSSR count). The zero-order chi connectivity index (χ0) is 18.8. The van der Waals surface area contributed by atoms with Crippen LogP contribution < -0.4 is 16.4 Å². The maximum Gasteiger partial charge on any atom is 0.221 e. The lowest BCUT2D eigenvalue weighted by atomic mass is 9.81. The number of amides is 1. The molecule has 6 nitrogen and oxygen atoms in total. The Balaban J connectivity index is 0.00000364. The molecule has 7 heteroatoms. The van der Waals surface area contributed by atoms with E-state index in [0.29, 0.717) is 0 Å². The first-order chi connectivity index (χ1) is 12.6. The predicted molar refractivity (Wildman–Crippen MR) is 123 cm³/mol. The van der Waals surface area contributed by atoms with Crippen molar-refractivity contribution in [3.05, 3.63) is 0 Å². The van der Waals surface area contributed by atoms with Gasteiger partial charge in [-0.05, 0) is 57.0 Å². The van der Waals surface area contributed by atoms with Gasteiger partial charge in [0.2, 0.25) is 5.91 Å². The molecule has 158 valence electrons. The Morgan fingerprint density at radius 2 is 1.96 bits per heavy atom. The van der Waals surface area contributed by atoms with Crippen molar-refractivity contribution >= 4 is 35.8 Å². The number of primary amides is 1. The van der Waals surface area contributed by atoms with Crippen LogP contribution in [0.5, 0.6) is 0 Å². The predicted octanol–water partition coefficient (Wildman–Crippen LogP) is 2.57. The smallest absolute Gasteiger partial charge is 0.221 e. The summed E-state index contributed by atoms with van der Waals surface area (Å²) in [5.41, 5.74) is 5.45. The molecule has 1 heterocycles. The number of piperidine rings is 1. The van der Waals surface area contributed by atoms with Crippen molar-refractivity contribution in [1.82, 2.24) is 15.5 Å². The number of hydrogen-bond donors (Lipinski definition) is 3. The normalized spacial score (nSPS) is 26.9. The first kappa shape index (κ1) is 24.5. The number of carbonyl (C=O) groups excluding carboxylic acids is 1. The third-order valence-electron chi connectivity index (χ3n) is 5.97. The summed E-state index contributed by atoms with van der Waals surface area (Å²) in [7, 11) is 1.83. The van der Waals surface area contributed by atoms with E-state index in [1.54, 1.807) is 0 Å². The van der Waals surface area contributed by atoms with Gasteiger partial charge in [-0.3, -0.25) is 9.79 Å². The van der Waals surface area contributed by atoms with Gasteiger partial charge in [0.15, 0.2) is 5.96 Å². The van der Waals surface area contributed by atoms with Crippen LogP contribution in [0.4, 0.5) is 0 Å². The van der Waals surface area contributed by atoms with Crippen LogP contribution in [-0.4, -0.2) is 56.5 Å². The molecule has 0 spiro atoms. The molecule has 0 aromatic carbocycles. The molecule has 2 aliphatic rings. The second kappa shape index (κ2) is 13.6. The van der Waals surface area contributed by atoms with Gasteiger partial charge in [-0.1, -0.05) is 26.2 Å². The topological polar surface area (TPSA) is 82.8 Å². The standard InChI is InChI=1S/C20H39N5O.HI/c1-16-6-3-7-17(14-16)9-11-24-20(22-2)23-10-5-13-25-12-4-8-18(15-25)19(21)26;/h16-18H,3-15H2,1-2H3,(H2,21,26)(H2,22,23,24);1H. The van der Waals surface area contributed by atoms with Crippen molar-refractivity contribution < 1.29 is 4.79 Å². The van der Waals surface area contributed by atoms with Crippen LogP contribution in [0.2, 0.25) is 0 Å². The van der Waals surface area contributed by atoms with Crippen LogP contribution in [0.3, 0.4) is 0 Å². The number of carbonyl (C=O) groups is 1. The van der Waals surface area contributed by atoms with Crippen LogP contribution in [0.15, 0.2) is 4.99 Å². The summed E-state index contributed by atoms with van der Waals surface area (Å²) in [5, 5.41) is 6.87. The first-order valence-corrected chi connectivity index (χ1v) is 10.5. The van der Waals surface area contributed by atoms with Crippen LogP contribution >= 0.6 is 24.0 Å². The lowest BCUT2D eigenvalue weighted by molar-refractivity contribution is -0.123. The largest absolute Gasteiger partial charge is 0.369 e. The monoisotopic (exact) mass is 493 g/mol. The molecule has 27 heavy (non-hydrogen) atoms. The van der Waals surface area contributed by atoms with Crippen molar-refractivity contribution in [1.29, 1.82) is 0 Å². The molecule has 1 aliphatic heterocycles. The average Bonchev–Trinajstić information content (AvgIpc) is 2.64. The van der Waals surface area contributed by atoms with E-state index in [0.717, 1.165) is 69.8 Å². The maximum atomic E-state index is 11.3. The number of hydrogen-bond acceptors (Lipinski definition) is 3. The number of nitrogens with two attached hydrogens (primary N) is 1. The highest BCUT2D eigenvalue weighted by Gasteiger charge is 2.23. The van der Waals surface area contributed by atoms with E-state index in [-0.39, 0.29) is 35.8 Å². The van der Waals surface area contributed by atoms with Gasteiger partial charge in [-0.25, -0.2) is 0 Å². The Bertz CT molecular complexity index is 460. The van der Waals surface area contributed by atoms with Crippen LogP contribution in [-0.2, 0) is 4.79 Å². The summed E-state index contributed by atoms with van der Waals surface area (Å²) < 4.78 is 0. The van der Waals surface area contributed by atoms with E-state index in [9.17, 15) is 4.79 Å². The average molecular weight is 493 g/mol. The number of rotatable bonds is 8.